The van der Waals surface area contributed by atoms with Crippen LogP contribution in [-0.2, 0) is 11.3 Å². The highest BCUT2D eigenvalue weighted by atomic mass is 16.5. The average molecular weight is 308 g/mol. The molecule has 23 heavy (non-hydrogen) atoms. The quantitative estimate of drug-likeness (QED) is 0.698. The van der Waals surface area contributed by atoms with E-state index in [1.54, 1.807) is 30.5 Å². The molecule has 3 rings (SSSR count). The summed E-state index contributed by atoms with van der Waals surface area (Å²) in [6.45, 7) is 3.78. The Kier molecular flexibility index (Phi) is 3.93. The number of fused-ring (bicyclic) bond motifs is 1. The van der Waals surface area contributed by atoms with Crippen LogP contribution in [0.25, 0.3) is 5.65 Å². The van der Waals surface area contributed by atoms with Crippen molar-refractivity contribution >= 4 is 11.6 Å². The zero-order valence-electron chi connectivity index (χ0n) is 12.9. The summed E-state index contributed by atoms with van der Waals surface area (Å²) in [6, 6.07) is 12.2. The first kappa shape index (κ1) is 15.0. The van der Waals surface area contributed by atoms with Gasteiger partial charge in [-0.2, -0.15) is 0 Å². The highest BCUT2D eigenvalue weighted by Crippen LogP contribution is 2.08. The fraction of sp³-hybridized carbons (Fsp3) is 0.167. The zero-order chi connectivity index (χ0) is 16.4. The Balaban J connectivity index is 1.81. The molecule has 0 aliphatic rings. The summed E-state index contributed by atoms with van der Waals surface area (Å²) >= 11 is 0. The molecule has 0 saturated heterocycles. The van der Waals surface area contributed by atoms with E-state index in [0.717, 1.165) is 11.1 Å². The summed E-state index contributed by atoms with van der Waals surface area (Å²) < 4.78 is 6.72. The Bertz CT molecular complexity index is 944. The molecule has 5 nitrogen and oxygen atoms in total. The summed E-state index contributed by atoms with van der Waals surface area (Å²) in [6.07, 6.45) is 1.73. The zero-order valence-corrected chi connectivity index (χ0v) is 12.9. The molecule has 116 valence electrons. The maximum Gasteiger partial charge on any atom is 0.338 e. The minimum atomic E-state index is -0.431. The molecule has 0 atom stereocenters. The van der Waals surface area contributed by atoms with Gasteiger partial charge < -0.3 is 4.74 Å². The number of carbonyl (C=O) groups excluding carboxylic acids is 1. The number of aryl methyl sites for hydroxylation is 2. The fourth-order valence-electron chi connectivity index (χ4n) is 2.33. The van der Waals surface area contributed by atoms with Crippen LogP contribution in [-0.4, -0.2) is 15.4 Å². The minimum Gasteiger partial charge on any atom is -0.456 e. The molecule has 0 aliphatic carbocycles. The standard InChI is InChI=1S/C18H16N2O3/c1-12-4-3-5-14(8-12)18(22)23-11-15-9-17(21)20-10-13(2)6-7-16(20)19-15/h3-10H,11H2,1-2H3. The highest BCUT2D eigenvalue weighted by Gasteiger charge is 2.09. The normalized spacial score (nSPS) is 10.7. The number of pyridine rings is 1. The van der Waals surface area contributed by atoms with Crippen LogP contribution in [0.1, 0.15) is 27.2 Å². The maximum atomic E-state index is 12.1. The van der Waals surface area contributed by atoms with Gasteiger partial charge in [-0.1, -0.05) is 23.8 Å². The Morgan fingerprint density at radius 3 is 2.74 bits per heavy atom. The predicted molar refractivity (Wildman–Crippen MR) is 86.5 cm³/mol. The van der Waals surface area contributed by atoms with Crippen molar-refractivity contribution in [2.75, 3.05) is 0 Å². The van der Waals surface area contributed by atoms with Crippen molar-refractivity contribution < 1.29 is 9.53 Å². The number of carbonyl (C=O) groups is 1. The predicted octanol–water partition coefficient (Wildman–Crippen LogP) is 2.67. The van der Waals surface area contributed by atoms with Gasteiger partial charge in [0.15, 0.2) is 0 Å². The van der Waals surface area contributed by atoms with Gasteiger partial charge in [0.1, 0.15) is 12.3 Å². The molecule has 2 aromatic heterocycles. The number of nitrogens with zero attached hydrogens (tertiary/aromatic N) is 2. The molecule has 3 aromatic rings. The summed E-state index contributed by atoms with van der Waals surface area (Å²) in [5, 5.41) is 0. The van der Waals surface area contributed by atoms with Crippen molar-refractivity contribution in [2.24, 2.45) is 0 Å². The number of benzene rings is 1. The van der Waals surface area contributed by atoms with Gasteiger partial charge in [0.05, 0.1) is 11.3 Å². The Morgan fingerprint density at radius 1 is 1.13 bits per heavy atom. The summed E-state index contributed by atoms with van der Waals surface area (Å²) in [7, 11) is 0. The lowest BCUT2D eigenvalue weighted by molar-refractivity contribution is 0.0467. The largest absolute Gasteiger partial charge is 0.456 e. The van der Waals surface area contributed by atoms with E-state index in [9.17, 15) is 9.59 Å². The summed E-state index contributed by atoms with van der Waals surface area (Å²) in [5.74, 6) is -0.431. The summed E-state index contributed by atoms with van der Waals surface area (Å²) in [4.78, 5) is 28.5. The van der Waals surface area contributed by atoms with Crippen molar-refractivity contribution in [3.05, 3.63) is 81.4 Å². The van der Waals surface area contributed by atoms with E-state index in [1.165, 1.54) is 10.5 Å². The molecule has 0 bridgehead atoms. The van der Waals surface area contributed by atoms with Gasteiger partial charge in [-0.3, -0.25) is 9.20 Å². The van der Waals surface area contributed by atoms with Crippen LogP contribution in [0.3, 0.4) is 0 Å². The van der Waals surface area contributed by atoms with E-state index in [0.29, 0.717) is 16.9 Å². The summed E-state index contributed by atoms with van der Waals surface area (Å²) in [5.41, 5.74) is 3.21. The number of hydrogen-bond acceptors (Lipinski definition) is 4. The minimum absolute atomic E-state index is 0.0353. The third-order valence-electron chi connectivity index (χ3n) is 3.47. The Morgan fingerprint density at radius 2 is 1.96 bits per heavy atom. The monoisotopic (exact) mass is 308 g/mol. The van der Waals surface area contributed by atoms with Gasteiger partial charge in [0.2, 0.25) is 0 Å². The number of hydrogen-bond donors (Lipinski definition) is 0. The molecule has 1 aromatic carbocycles. The van der Waals surface area contributed by atoms with E-state index in [-0.39, 0.29) is 12.2 Å². The van der Waals surface area contributed by atoms with Gasteiger partial charge in [-0.05, 0) is 37.6 Å². The third-order valence-corrected chi connectivity index (χ3v) is 3.47. The van der Waals surface area contributed by atoms with Crippen LogP contribution in [0.5, 0.6) is 0 Å². The number of rotatable bonds is 3. The van der Waals surface area contributed by atoms with Crippen LogP contribution < -0.4 is 5.56 Å². The van der Waals surface area contributed by atoms with Gasteiger partial charge in [-0.15, -0.1) is 0 Å². The molecule has 0 unspecified atom stereocenters. The molecule has 0 radical (unpaired) electrons. The number of esters is 1. The van der Waals surface area contributed by atoms with E-state index in [2.05, 4.69) is 4.98 Å². The van der Waals surface area contributed by atoms with Crippen LogP contribution in [0, 0.1) is 13.8 Å². The van der Waals surface area contributed by atoms with Crippen LogP contribution >= 0.6 is 0 Å². The second kappa shape index (κ2) is 6.04. The van der Waals surface area contributed by atoms with Gasteiger partial charge in [-0.25, -0.2) is 9.78 Å². The Hall–Kier alpha value is -2.95. The smallest absolute Gasteiger partial charge is 0.338 e. The van der Waals surface area contributed by atoms with Gasteiger partial charge >= 0.3 is 5.97 Å². The van der Waals surface area contributed by atoms with Gasteiger partial charge in [0, 0.05) is 12.3 Å². The first-order valence-electron chi connectivity index (χ1n) is 7.26. The number of aromatic nitrogens is 2. The van der Waals surface area contributed by atoms with E-state index in [1.807, 2.05) is 26.0 Å². The van der Waals surface area contributed by atoms with Gasteiger partial charge in [0.25, 0.3) is 5.56 Å². The van der Waals surface area contributed by atoms with Crippen molar-refractivity contribution in [2.45, 2.75) is 20.5 Å². The molecule has 0 amide bonds. The molecular formula is C18H16N2O3. The maximum absolute atomic E-state index is 12.1. The average Bonchev–Trinajstić information content (AvgIpc) is 2.53. The lowest BCUT2D eigenvalue weighted by Gasteiger charge is -2.07. The lowest BCUT2D eigenvalue weighted by Crippen LogP contribution is -2.17. The first-order chi connectivity index (χ1) is 11.0. The fourth-order valence-corrected chi connectivity index (χ4v) is 2.33. The lowest BCUT2D eigenvalue weighted by atomic mass is 10.1. The van der Waals surface area contributed by atoms with Crippen LogP contribution in [0.4, 0.5) is 0 Å². The van der Waals surface area contributed by atoms with Crippen molar-refractivity contribution in [3.8, 4) is 0 Å². The van der Waals surface area contributed by atoms with E-state index >= 15 is 0 Å². The van der Waals surface area contributed by atoms with Crippen LogP contribution in [0.2, 0.25) is 0 Å². The molecule has 0 aliphatic heterocycles. The molecule has 0 spiro atoms. The molecule has 0 fully saturated rings. The second-order valence-electron chi connectivity index (χ2n) is 5.47. The Labute approximate surface area is 133 Å². The number of ether oxygens (including phenoxy) is 1. The SMILES string of the molecule is Cc1cccc(C(=O)OCc2cc(=O)n3cc(C)ccc3n2)c1. The van der Waals surface area contributed by atoms with Crippen molar-refractivity contribution in [3.63, 3.8) is 0 Å². The second-order valence-corrected chi connectivity index (χ2v) is 5.47. The molecule has 2 heterocycles. The molecule has 0 saturated carbocycles. The van der Waals surface area contributed by atoms with Crippen LogP contribution in [0.15, 0.2) is 53.5 Å². The van der Waals surface area contributed by atoms with Crippen molar-refractivity contribution in [1.82, 2.24) is 9.38 Å². The van der Waals surface area contributed by atoms with Crippen molar-refractivity contribution in [1.29, 1.82) is 0 Å². The molecule has 0 N–H and O–H groups in total. The third kappa shape index (κ3) is 3.29. The molecular weight excluding hydrogens is 292 g/mol. The first-order valence-corrected chi connectivity index (χ1v) is 7.26. The topological polar surface area (TPSA) is 60.7 Å². The molecule has 5 heteroatoms. The highest BCUT2D eigenvalue weighted by molar-refractivity contribution is 5.89. The van der Waals surface area contributed by atoms with E-state index in [4.69, 9.17) is 4.74 Å². The van der Waals surface area contributed by atoms with E-state index < -0.39 is 5.97 Å².